The summed E-state index contributed by atoms with van der Waals surface area (Å²) in [6, 6.07) is 4.25. The van der Waals surface area contributed by atoms with Crippen molar-refractivity contribution in [1.82, 2.24) is 9.62 Å². The first-order chi connectivity index (χ1) is 10.9. The van der Waals surface area contributed by atoms with E-state index < -0.39 is 15.9 Å². The van der Waals surface area contributed by atoms with E-state index in [-0.39, 0.29) is 11.4 Å². The molecule has 130 valence electrons. The Hall–Kier alpha value is -1.84. The highest BCUT2D eigenvalue weighted by Gasteiger charge is 2.24. The number of sulfonamides is 1. The van der Waals surface area contributed by atoms with Gasteiger partial charge in [-0.1, -0.05) is 0 Å². The molecule has 0 aliphatic heterocycles. The summed E-state index contributed by atoms with van der Waals surface area (Å²) in [7, 11) is 1.91. The third-order valence-electron chi connectivity index (χ3n) is 3.06. The molecule has 0 radical (unpaired) electrons. The molecule has 0 saturated carbocycles. The number of carbonyl (C=O) groups is 1. The Kier molecular flexibility index (Phi) is 7.27. The maximum atomic E-state index is 12.5. The van der Waals surface area contributed by atoms with Crippen LogP contribution in [0.5, 0.6) is 11.5 Å². The van der Waals surface area contributed by atoms with Crippen LogP contribution >= 0.6 is 0 Å². The zero-order valence-electron chi connectivity index (χ0n) is 13.7. The minimum Gasteiger partial charge on any atom is -0.493 e. The van der Waals surface area contributed by atoms with Gasteiger partial charge < -0.3 is 19.5 Å². The third kappa shape index (κ3) is 5.08. The Morgan fingerprint density at radius 1 is 1.17 bits per heavy atom. The molecule has 9 heteroatoms. The summed E-state index contributed by atoms with van der Waals surface area (Å²) in [5.41, 5.74) is 0. The SMILES string of the molecule is COCCNC(=O)CN(C)S(=O)(=O)c1ccc(OC)c(OC)c1. The molecule has 1 aromatic rings. The van der Waals surface area contributed by atoms with Crippen LogP contribution in [-0.4, -0.2) is 66.7 Å². The second-order valence-electron chi connectivity index (χ2n) is 4.62. The molecule has 0 aromatic heterocycles. The number of hydrogen-bond acceptors (Lipinski definition) is 6. The Labute approximate surface area is 136 Å². The molecule has 0 aliphatic rings. The zero-order valence-corrected chi connectivity index (χ0v) is 14.5. The van der Waals surface area contributed by atoms with Crippen LogP contribution in [0.3, 0.4) is 0 Å². The second kappa shape index (κ2) is 8.70. The van der Waals surface area contributed by atoms with Gasteiger partial charge in [0.1, 0.15) is 0 Å². The number of rotatable bonds is 9. The second-order valence-corrected chi connectivity index (χ2v) is 6.67. The number of amides is 1. The summed E-state index contributed by atoms with van der Waals surface area (Å²) < 4.78 is 40.9. The summed E-state index contributed by atoms with van der Waals surface area (Å²) in [5, 5.41) is 2.56. The van der Waals surface area contributed by atoms with Gasteiger partial charge in [0.25, 0.3) is 0 Å². The fourth-order valence-electron chi connectivity index (χ4n) is 1.79. The van der Waals surface area contributed by atoms with E-state index in [2.05, 4.69) is 5.32 Å². The number of nitrogens with zero attached hydrogens (tertiary/aromatic N) is 1. The summed E-state index contributed by atoms with van der Waals surface area (Å²) in [4.78, 5) is 11.7. The Morgan fingerprint density at radius 2 is 1.83 bits per heavy atom. The van der Waals surface area contributed by atoms with Crippen molar-refractivity contribution in [3.63, 3.8) is 0 Å². The number of methoxy groups -OCH3 is 3. The highest BCUT2D eigenvalue weighted by Crippen LogP contribution is 2.30. The van der Waals surface area contributed by atoms with Gasteiger partial charge in [0.15, 0.2) is 11.5 Å². The average Bonchev–Trinajstić information content (AvgIpc) is 2.54. The minimum atomic E-state index is -3.82. The van der Waals surface area contributed by atoms with Gasteiger partial charge in [0.2, 0.25) is 15.9 Å². The molecule has 0 bridgehead atoms. The minimum absolute atomic E-state index is 0.0161. The number of benzene rings is 1. The lowest BCUT2D eigenvalue weighted by Gasteiger charge is -2.18. The molecular weight excluding hydrogens is 324 g/mol. The number of carbonyl (C=O) groups excluding carboxylic acids is 1. The van der Waals surface area contributed by atoms with Gasteiger partial charge in [0, 0.05) is 26.8 Å². The topological polar surface area (TPSA) is 94.2 Å². The van der Waals surface area contributed by atoms with Gasteiger partial charge >= 0.3 is 0 Å². The molecule has 1 aromatic carbocycles. The van der Waals surface area contributed by atoms with Crippen LogP contribution in [0.4, 0.5) is 0 Å². The molecule has 8 nitrogen and oxygen atoms in total. The largest absolute Gasteiger partial charge is 0.493 e. The summed E-state index contributed by atoms with van der Waals surface area (Å²) >= 11 is 0. The van der Waals surface area contributed by atoms with Crippen LogP contribution in [0.1, 0.15) is 0 Å². The van der Waals surface area contributed by atoms with Gasteiger partial charge in [-0.15, -0.1) is 0 Å². The molecule has 1 amide bonds. The molecule has 1 rings (SSSR count). The first kappa shape index (κ1) is 19.2. The van der Waals surface area contributed by atoms with Crippen molar-refractivity contribution in [2.45, 2.75) is 4.90 Å². The summed E-state index contributed by atoms with van der Waals surface area (Å²) in [6.45, 7) is 0.387. The molecule has 0 aliphatic carbocycles. The van der Waals surface area contributed by atoms with Crippen molar-refractivity contribution in [3.05, 3.63) is 18.2 Å². The van der Waals surface area contributed by atoms with E-state index >= 15 is 0 Å². The van der Waals surface area contributed by atoms with Crippen LogP contribution in [0, 0.1) is 0 Å². The zero-order chi connectivity index (χ0) is 17.5. The normalized spacial score (nSPS) is 11.3. The molecule has 0 heterocycles. The van der Waals surface area contributed by atoms with E-state index in [1.165, 1.54) is 46.6 Å². The number of ether oxygens (including phenoxy) is 3. The van der Waals surface area contributed by atoms with Crippen molar-refractivity contribution in [2.24, 2.45) is 0 Å². The smallest absolute Gasteiger partial charge is 0.243 e. The van der Waals surface area contributed by atoms with Gasteiger partial charge in [-0.05, 0) is 12.1 Å². The number of nitrogens with one attached hydrogen (secondary N) is 1. The highest BCUT2D eigenvalue weighted by atomic mass is 32.2. The number of likely N-dealkylation sites (N-methyl/N-ethyl adjacent to an activating group) is 1. The van der Waals surface area contributed by atoms with Crippen LogP contribution in [0.2, 0.25) is 0 Å². The van der Waals surface area contributed by atoms with E-state index in [0.29, 0.717) is 24.7 Å². The van der Waals surface area contributed by atoms with Gasteiger partial charge in [0.05, 0.1) is 32.3 Å². The predicted octanol–water partition coefficient (Wildman–Crippen LogP) is 0.0869. The van der Waals surface area contributed by atoms with Crippen LogP contribution in [0.25, 0.3) is 0 Å². The van der Waals surface area contributed by atoms with Crippen molar-refractivity contribution < 1.29 is 27.4 Å². The van der Waals surface area contributed by atoms with E-state index in [0.717, 1.165) is 4.31 Å². The van der Waals surface area contributed by atoms with Crippen LogP contribution in [-0.2, 0) is 19.6 Å². The molecule has 0 atom stereocenters. The Balaban J connectivity index is 2.87. The molecule has 0 fully saturated rings. The Morgan fingerprint density at radius 3 is 2.39 bits per heavy atom. The molecule has 0 saturated heterocycles. The lowest BCUT2D eigenvalue weighted by molar-refractivity contribution is -0.121. The average molecular weight is 346 g/mol. The summed E-state index contributed by atoms with van der Waals surface area (Å²) in [6.07, 6.45) is 0. The standard InChI is InChI=1S/C14H22N2O6S/c1-16(10-14(17)15-7-8-20-2)23(18,19)11-5-6-12(21-3)13(9-11)22-4/h5-6,9H,7-8,10H2,1-4H3,(H,15,17). The lowest BCUT2D eigenvalue weighted by atomic mass is 10.3. The highest BCUT2D eigenvalue weighted by molar-refractivity contribution is 7.89. The van der Waals surface area contributed by atoms with Crippen LogP contribution < -0.4 is 14.8 Å². The maximum absolute atomic E-state index is 12.5. The Bertz CT molecular complexity index is 632. The number of hydrogen-bond donors (Lipinski definition) is 1. The molecule has 0 spiro atoms. The van der Waals surface area contributed by atoms with Crippen molar-refractivity contribution >= 4 is 15.9 Å². The fraction of sp³-hybridized carbons (Fsp3) is 0.500. The van der Waals surface area contributed by atoms with E-state index in [9.17, 15) is 13.2 Å². The predicted molar refractivity (Wildman–Crippen MR) is 84.2 cm³/mol. The summed E-state index contributed by atoms with van der Waals surface area (Å²) in [5.74, 6) is 0.312. The monoisotopic (exact) mass is 346 g/mol. The van der Waals surface area contributed by atoms with Gasteiger partial charge in [-0.2, -0.15) is 4.31 Å². The molecule has 1 N–H and O–H groups in total. The van der Waals surface area contributed by atoms with E-state index in [4.69, 9.17) is 14.2 Å². The van der Waals surface area contributed by atoms with Crippen molar-refractivity contribution in [3.8, 4) is 11.5 Å². The van der Waals surface area contributed by atoms with E-state index in [1.807, 2.05) is 0 Å². The van der Waals surface area contributed by atoms with Gasteiger partial charge in [-0.3, -0.25) is 4.79 Å². The van der Waals surface area contributed by atoms with Crippen molar-refractivity contribution in [2.75, 3.05) is 48.1 Å². The lowest BCUT2D eigenvalue weighted by Crippen LogP contribution is -2.39. The van der Waals surface area contributed by atoms with Crippen LogP contribution in [0.15, 0.2) is 23.1 Å². The maximum Gasteiger partial charge on any atom is 0.243 e. The first-order valence-corrected chi connectivity index (χ1v) is 8.24. The van der Waals surface area contributed by atoms with Crippen molar-refractivity contribution in [1.29, 1.82) is 0 Å². The first-order valence-electron chi connectivity index (χ1n) is 6.80. The fourth-order valence-corrected chi connectivity index (χ4v) is 2.94. The van der Waals surface area contributed by atoms with Gasteiger partial charge in [-0.25, -0.2) is 8.42 Å². The molecule has 23 heavy (non-hydrogen) atoms. The molecular formula is C14H22N2O6S. The van der Waals surface area contributed by atoms with E-state index in [1.54, 1.807) is 0 Å². The third-order valence-corrected chi connectivity index (χ3v) is 4.86. The molecule has 0 unspecified atom stereocenters. The quantitative estimate of drug-likeness (QED) is 0.637.